The first-order chi connectivity index (χ1) is 31.9. The van der Waals surface area contributed by atoms with Crippen LogP contribution in [0.15, 0.2) is 63.6 Å². The molecule has 344 valence electrons. The van der Waals surface area contributed by atoms with Crippen molar-refractivity contribution in [2.75, 3.05) is 19.1 Å². The molecule has 4 aromatic heterocycles. The fraction of sp³-hybridized carbons (Fsp3) is 0.451. The number of nitrogens with one attached hydrogen (secondary N) is 1. The number of ether oxygens (including phenoxy) is 2. The second-order valence-corrected chi connectivity index (χ2v) is 19.0. The van der Waals surface area contributed by atoms with Crippen LogP contribution in [-0.2, 0) is 19.1 Å². The average molecular weight is 914 g/mol. The van der Waals surface area contributed by atoms with Gasteiger partial charge in [-0.3, -0.25) is 9.59 Å². The van der Waals surface area contributed by atoms with Crippen LogP contribution in [-0.4, -0.2) is 67.7 Å². The third kappa shape index (κ3) is 7.90. The molecule has 11 rings (SSSR count). The standard InChI is InChI=1S/C29H31ClN4O3.C22H26N4O3/c1-16-5-7-21(15-23(16)30)33-26(11-12-27(33)35)29-31-24-13-19(28-17(2)32-37-18(28)3)6-10-25(24)34(29)20-8-9-22(14-20)36-4;1-12-21(13(2)29-25-12)14-4-8-19-18(10-14)24-22(17-7-9-20(27)23-17)26(19)15-5-6-16(11-15)28-3/h5-7,10,13,15,20,22,26H,8-9,11-12,14H2,1-4H3;4,8,10,15-17H,5-7,9,11H2,1-3H3,(H,23,27)/t20-,22-,26+;15-,16-,17+/m11/s1. The Morgan fingerprint density at radius 3 is 1.71 bits per heavy atom. The number of anilines is 1. The quantitative estimate of drug-likeness (QED) is 0.148. The van der Waals surface area contributed by atoms with Crippen LogP contribution in [0.3, 0.4) is 0 Å². The number of nitrogens with zero attached hydrogens (tertiary/aromatic N) is 7. The summed E-state index contributed by atoms with van der Waals surface area (Å²) in [5.41, 5.74) is 11.7. The van der Waals surface area contributed by atoms with E-state index in [-0.39, 0.29) is 42.1 Å². The summed E-state index contributed by atoms with van der Waals surface area (Å²) in [5.74, 6) is 3.69. The highest BCUT2D eigenvalue weighted by molar-refractivity contribution is 6.31. The number of imidazole rings is 2. The molecule has 6 atom stereocenters. The van der Waals surface area contributed by atoms with E-state index in [2.05, 4.69) is 61.2 Å². The zero-order chi connectivity index (χ0) is 46.0. The first-order valence-corrected chi connectivity index (χ1v) is 23.6. The molecule has 3 aromatic carbocycles. The molecule has 14 nitrogen and oxygen atoms in total. The van der Waals surface area contributed by atoms with Gasteiger partial charge >= 0.3 is 0 Å². The zero-order valence-electron chi connectivity index (χ0n) is 38.7. The highest BCUT2D eigenvalue weighted by Gasteiger charge is 2.40. The number of methoxy groups -OCH3 is 2. The normalized spacial score (nSPS) is 23.1. The lowest BCUT2D eigenvalue weighted by atomic mass is 10.0. The molecule has 2 aliphatic heterocycles. The monoisotopic (exact) mass is 912 g/mol. The fourth-order valence-corrected chi connectivity index (χ4v) is 11.3. The first-order valence-electron chi connectivity index (χ1n) is 23.2. The van der Waals surface area contributed by atoms with Crippen molar-refractivity contribution in [1.82, 2.24) is 34.7 Å². The van der Waals surface area contributed by atoms with Crippen molar-refractivity contribution in [3.05, 3.63) is 99.7 Å². The van der Waals surface area contributed by atoms with Crippen LogP contribution in [0, 0.1) is 34.6 Å². The van der Waals surface area contributed by atoms with Crippen molar-refractivity contribution in [2.45, 2.75) is 135 Å². The van der Waals surface area contributed by atoms with E-state index in [4.69, 9.17) is 40.1 Å². The minimum atomic E-state index is -0.164. The van der Waals surface area contributed by atoms with Gasteiger partial charge in [0.25, 0.3) is 0 Å². The van der Waals surface area contributed by atoms with Crippen LogP contribution in [0.25, 0.3) is 44.3 Å². The Labute approximate surface area is 389 Å². The van der Waals surface area contributed by atoms with Crippen LogP contribution in [0.5, 0.6) is 0 Å². The van der Waals surface area contributed by atoms with Crippen LogP contribution in [0.4, 0.5) is 5.69 Å². The predicted molar refractivity (Wildman–Crippen MR) is 253 cm³/mol. The Balaban J connectivity index is 0.000000160. The van der Waals surface area contributed by atoms with Gasteiger partial charge in [-0.15, -0.1) is 0 Å². The average Bonchev–Trinajstić information content (AvgIpc) is 4.18. The second kappa shape index (κ2) is 17.8. The Morgan fingerprint density at radius 2 is 1.23 bits per heavy atom. The topological polar surface area (TPSA) is 156 Å². The number of hydrogen-bond acceptors (Lipinski definition) is 10. The number of aryl methyl sites for hydroxylation is 5. The third-order valence-corrected chi connectivity index (χ3v) is 14.8. The molecule has 1 N–H and O–H groups in total. The van der Waals surface area contributed by atoms with Crippen molar-refractivity contribution < 1.29 is 28.1 Å². The van der Waals surface area contributed by atoms with E-state index >= 15 is 0 Å². The number of carbonyl (C=O) groups excluding carboxylic acids is 2. The molecule has 2 aliphatic carbocycles. The van der Waals surface area contributed by atoms with E-state index in [1.807, 2.05) is 57.7 Å². The molecule has 0 radical (unpaired) electrons. The third-order valence-electron chi connectivity index (χ3n) is 14.4. The van der Waals surface area contributed by atoms with Crippen LogP contribution in [0.2, 0.25) is 5.02 Å². The lowest BCUT2D eigenvalue weighted by molar-refractivity contribution is -0.119. The maximum Gasteiger partial charge on any atom is 0.227 e. The highest BCUT2D eigenvalue weighted by Crippen LogP contribution is 2.44. The van der Waals surface area contributed by atoms with E-state index in [0.717, 1.165) is 135 Å². The Hall–Kier alpha value is -5.83. The minimum absolute atomic E-state index is 0.0287. The first kappa shape index (κ1) is 44.0. The van der Waals surface area contributed by atoms with Crippen LogP contribution in [0.1, 0.15) is 128 Å². The number of carbonyl (C=O) groups is 2. The molecule has 2 saturated carbocycles. The van der Waals surface area contributed by atoms with Gasteiger partial charge in [0, 0.05) is 61.0 Å². The number of aromatic nitrogens is 6. The second-order valence-electron chi connectivity index (χ2n) is 18.5. The summed E-state index contributed by atoms with van der Waals surface area (Å²) in [5, 5.41) is 12.0. The van der Waals surface area contributed by atoms with E-state index in [1.54, 1.807) is 14.2 Å². The number of benzene rings is 3. The summed E-state index contributed by atoms with van der Waals surface area (Å²) in [6.07, 6.45) is 9.09. The van der Waals surface area contributed by atoms with Crippen molar-refractivity contribution >= 4 is 51.2 Å². The largest absolute Gasteiger partial charge is 0.381 e. The number of hydrogen-bond donors (Lipinski definition) is 1. The van der Waals surface area contributed by atoms with Crippen molar-refractivity contribution in [2.24, 2.45) is 0 Å². The molecule has 4 aliphatic rings. The van der Waals surface area contributed by atoms with Gasteiger partial charge < -0.3 is 37.9 Å². The summed E-state index contributed by atoms with van der Waals surface area (Å²) in [4.78, 5) is 37.2. The summed E-state index contributed by atoms with van der Waals surface area (Å²) in [7, 11) is 3.57. The number of amides is 2. The minimum Gasteiger partial charge on any atom is -0.381 e. The van der Waals surface area contributed by atoms with Crippen LogP contribution < -0.4 is 10.2 Å². The van der Waals surface area contributed by atoms with Gasteiger partial charge in [0.05, 0.1) is 57.7 Å². The Morgan fingerprint density at radius 1 is 0.667 bits per heavy atom. The maximum atomic E-state index is 13.2. The highest BCUT2D eigenvalue weighted by atomic mass is 35.5. The molecule has 66 heavy (non-hydrogen) atoms. The van der Waals surface area contributed by atoms with Crippen LogP contribution >= 0.6 is 11.6 Å². The smallest absolute Gasteiger partial charge is 0.227 e. The molecular formula is C51H57ClN8O6. The summed E-state index contributed by atoms with van der Waals surface area (Å²) < 4.78 is 26.8. The summed E-state index contributed by atoms with van der Waals surface area (Å²) >= 11 is 6.47. The van der Waals surface area contributed by atoms with Gasteiger partial charge in [0.1, 0.15) is 23.2 Å². The maximum absolute atomic E-state index is 13.2. The molecule has 2 saturated heterocycles. The van der Waals surface area contributed by atoms with E-state index in [0.29, 0.717) is 30.3 Å². The van der Waals surface area contributed by atoms with E-state index in [1.165, 1.54) is 0 Å². The molecular weight excluding hydrogens is 856 g/mol. The molecule has 2 amide bonds. The zero-order valence-corrected chi connectivity index (χ0v) is 39.4. The lowest BCUT2D eigenvalue weighted by Crippen LogP contribution is -2.29. The number of fused-ring (bicyclic) bond motifs is 2. The van der Waals surface area contributed by atoms with Crippen molar-refractivity contribution in [1.29, 1.82) is 0 Å². The van der Waals surface area contributed by atoms with Gasteiger partial charge in [-0.1, -0.05) is 40.1 Å². The van der Waals surface area contributed by atoms with Gasteiger partial charge in [-0.05, 0) is 139 Å². The summed E-state index contributed by atoms with van der Waals surface area (Å²) in [6, 6.07) is 19.0. The van der Waals surface area contributed by atoms with Crippen molar-refractivity contribution in [3.63, 3.8) is 0 Å². The molecule has 6 heterocycles. The van der Waals surface area contributed by atoms with Gasteiger partial charge in [0.2, 0.25) is 11.8 Å². The SMILES string of the molecule is CO[C@@H]1CC[C@@H](n2c([C@@H]3CCC(=O)N3)nc3cc(-c4c(C)noc4C)ccc32)C1.CO[C@@H]1CC[C@@H](n2c([C@@H]3CCC(=O)N3c3ccc(C)c(Cl)c3)nc3cc(-c4c(C)noc4C)ccc32)C1. The Kier molecular flexibility index (Phi) is 11.8. The van der Waals surface area contributed by atoms with Gasteiger partial charge in [-0.25, -0.2) is 9.97 Å². The fourth-order valence-electron chi connectivity index (χ4n) is 11.1. The molecule has 0 bridgehead atoms. The molecule has 4 fully saturated rings. The predicted octanol–water partition coefficient (Wildman–Crippen LogP) is 10.9. The molecule has 7 aromatic rings. The van der Waals surface area contributed by atoms with Crippen molar-refractivity contribution in [3.8, 4) is 22.3 Å². The summed E-state index contributed by atoms with van der Waals surface area (Å²) in [6.45, 7) is 9.75. The Bertz CT molecular complexity index is 2940. The number of halogens is 1. The van der Waals surface area contributed by atoms with Gasteiger partial charge in [0.15, 0.2) is 0 Å². The van der Waals surface area contributed by atoms with E-state index in [9.17, 15) is 9.59 Å². The van der Waals surface area contributed by atoms with Gasteiger partial charge in [-0.2, -0.15) is 0 Å². The number of rotatable bonds is 9. The molecule has 0 spiro atoms. The lowest BCUT2D eigenvalue weighted by Gasteiger charge is -2.27. The molecule has 0 unspecified atom stereocenters. The van der Waals surface area contributed by atoms with E-state index < -0.39 is 0 Å². The molecule has 15 heteroatoms.